The van der Waals surface area contributed by atoms with Crippen molar-refractivity contribution in [1.82, 2.24) is 10.6 Å². The Morgan fingerprint density at radius 3 is 2.44 bits per heavy atom. The Balaban J connectivity index is 3.52. The lowest BCUT2D eigenvalue weighted by Crippen LogP contribution is -2.39. The number of urea groups is 1. The minimum atomic E-state index is -0.964. The third-order valence-electron chi connectivity index (χ3n) is 1.88. The van der Waals surface area contributed by atoms with Crippen molar-refractivity contribution in [2.24, 2.45) is 11.7 Å². The number of aliphatic carboxylic acids is 1. The molecule has 0 radical (unpaired) electrons. The molecule has 0 aromatic heterocycles. The van der Waals surface area contributed by atoms with Crippen LogP contribution in [0.2, 0.25) is 0 Å². The van der Waals surface area contributed by atoms with Gasteiger partial charge in [-0.2, -0.15) is 0 Å². The van der Waals surface area contributed by atoms with Crippen LogP contribution in [0.15, 0.2) is 0 Å². The predicted molar refractivity (Wildman–Crippen MR) is 56.6 cm³/mol. The molecule has 0 saturated carbocycles. The second-order valence-electron chi connectivity index (χ2n) is 3.45. The SMILES string of the molecule is CC(CNC(=O)NCCCC(N)=O)C(=O)O. The van der Waals surface area contributed by atoms with Crippen LogP contribution in [-0.4, -0.2) is 36.1 Å². The molecule has 0 bridgehead atoms. The summed E-state index contributed by atoms with van der Waals surface area (Å²) in [5.74, 6) is -2.01. The molecule has 0 aliphatic heterocycles. The number of carboxylic acids is 1. The van der Waals surface area contributed by atoms with Crippen molar-refractivity contribution in [3.8, 4) is 0 Å². The van der Waals surface area contributed by atoms with Crippen molar-refractivity contribution in [3.63, 3.8) is 0 Å². The summed E-state index contributed by atoms with van der Waals surface area (Å²) >= 11 is 0. The first-order valence-corrected chi connectivity index (χ1v) is 4.96. The number of hydrogen-bond donors (Lipinski definition) is 4. The lowest BCUT2D eigenvalue weighted by Gasteiger charge is -2.09. The number of hydrogen-bond acceptors (Lipinski definition) is 3. The summed E-state index contributed by atoms with van der Waals surface area (Å²) in [5.41, 5.74) is 4.91. The molecule has 16 heavy (non-hydrogen) atoms. The number of carbonyl (C=O) groups is 3. The molecule has 7 heteroatoms. The van der Waals surface area contributed by atoms with E-state index in [4.69, 9.17) is 10.8 Å². The first kappa shape index (κ1) is 14.2. The molecule has 0 rings (SSSR count). The van der Waals surface area contributed by atoms with E-state index in [9.17, 15) is 14.4 Å². The first-order valence-electron chi connectivity index (χ1n) is 4.96. The van der Waals surface area contributed by atoms with E-state index in [1.807, 2.05) is 0 Å². The molecular weight excluding hydrogens is 214 g/mol. The Hall–Kier alpha value is -1.79. The number of nitrogens with one attached hydrogen (secondary N) is 2. The van der Waals surface area contributed by atoms with E-state index in [1.165, 1.54) is 6.92 Å². The van der Waals surface area contributed by atoms with Gasteiger partial charge >= 0.3 is 12.0 Å². The Morgan fingerprint density at radius 1 is 1.31 bits per heavy atom. The molecule has 0 aliphatic carbocycles. The van der Waals surface area contributed by atoms with Crippen LogP contribution in [0.5, 0.6) is 0 Å². The smallest absolute Gasteiger partial charge is 0.314 e. The summed E-state index contributed by atoms with van der Waals surface area (Å²) in [6.07, 6.45) is 0.684. The zero-order valence-corrected chi connectivity index (χ0v) is 9.16. The molecule has 0 aliphatic rings. The van der Waals surface area contributed by atoms with Gasteiger partial charge in [-0.25, -0.2) is 4.79 Å². The van der Waals surface area contributed by atoms with Gasteiger partial charge in [-0.1, -0.05) is 6.92 Å². The molecule has 0 spiro atoms. The van der Waals surface area contributed by atoms with Gasteiger partial charge in [-0.3, -0.25) is 9.59 Å². The van der Waals surface area contributed by atoms with Gasteiger partial charge in [-0.15, -0.1) is 0 Å². The maximum absolute atomic E-state index is 11.1. The largest absolute Gasteiger partial charge is 0.481 e. The first-order chi connectivity index (χ1) is 7.43. The van der Waals surface area contributed by atoms with E-state index in [0.717, 1.165) is 0 Å². The zero-order valence-electron chi connectivity index (χ0n) is 9.16. The van der Waals surface area contributed by atoms with Gasteiger partial charge in [0.2, 0.25) is 5.91 Å². The van der Waals surface area contributed by atoms with E-state index in [-0.39, 0.29) is 13.0 Å². The summed E-state index contributed by atoms with van der Waals surface area (Å²) in [7, 11) is 0. The lowest BCUT2D eigenvalue weighted by molar-refractivity contribution is -0.140. The molecule has 0 aromatic carbocycles. The Labute approximate surface area is 93.4 Å². The lowest BCUT2D eigenvalue weighted by atomic mass is 10.2. The van der Waals surface area contributed by atoms with E-state index in [1.54, 1.807) is 0 Å². The Morgan fingerprint density at radius 2 is 1.94 bits per heavy atom. The van der Waals surface area contributed by atoms with Crippen LogP contribution in [0.4, 0.5) is 4.79 Å². The number of primary amides is 1. The molecule has 1 unspecified atom stereocenters. The molecule has 3 amide bonds. The van der Waals surface area contributed by atoms with Crippen LogP contribution in [0, 0.1) is 5.92 Å². The Bertz CT molecular complexity index is 267. The van der Waals surface area contributed by atoms with Gasteiger partial charge < -0.3 is 21.5 Å². The van der Waals surface area contributed by atoms with Crippen molar-refractivity contribution in [2.75, 3.05) is 13.1 Å². The predicted octanol–water partition coefficient (Wildman–Crippen LogP) is -0.728. The van der Waals surface area contributed by atoms with Gasteiger partial charge in [-0.05, 0) is 6.42 Å². The zero-order chi connectivity index (χ0) is 12.6. The fourth-order valence-corrected chi connectivity index (χ4v) is 0.860. The van der Waals surface area contributed by atoms with Crippen LogP contribution in [-0.2, 0) is 9.59 Å². The second kappa shape index (κ2) is 7.49. The highest BCUT2D eigenvalue weighted by Gasteiger charge is 2.11. The maximum Gasteiger partial charge on any atom is 0.314 e. The fraction of sp³-hybridized carbons (Fsp3) is 0.667. The topological polar surface area (TPSA) is 122 Å². The average Bonchev–Trinajstić information content (AvgIpc) is 2.20. The third kappa shape index (κ3) is 7.60. The quantitative estimate of drug-likeness (QED) is 0.431. The molecule has 92 valence electrons. The van der Waals surface area contributed by atoms with E-state index in [0.29, 0.717) is 13.0 Å². The van der Waals surface area contributed by atoms with Crippen molar-refractivity contribution in [1.29, 1.82) is 0 Å². The number of carboxylic acid groups (broad SMARTS) is 1. The van der Waals surface area contributed by atoms with Crippen molar-refractivity contribution in [2.45, 2.75) is 19.8 Å². The maximum atomic E-state index is 11.1. The number of carbonyl (C=O) groups excluding carboxylic acids is 2. The average molecular weight is 231 g/mol. The highest BCUT2D eigenvalue weighted by molar-refractivity contribution is 5.76. The molecule has 0 aromatic rings. The van der Waals surface area contributed by atoms with Crippen LogP contribution in [0.25, 0.3) is 0 Å². The summed E-state index contributed by atoms with van der Waals surface area (Å²) in [6.45, 7) is 1.89. The minimum absolute atomic E-state index is 0.0665. The number of amides is 3. The molecule has 1 atom stereocenters. The minimum Gasteiger partial charge on any atom is -0.481 e. The molecule has 0 fully saturated rings. The van der Waals surface area contributed by atoms with Crippen LogP contribution in [0.1, 0.15) is 19.8 Å². The molecule has 5 N–H and O–H groups in total. The van der Waals surface area contributed by atoms with Crippen LogP contribution >= 0.6 is 0 Å². The summed E-state index contributed by atoms with van der Waals surface area (Å²) in [4.78, 5) is 31.9. The van der Waals surface area contributed by atoms with E-state index < -0.39 is 23.8 Å². The second-order valence-corrected chi connectivity index (χ2v) is 3.45. The van der Waals surface area contributed by atoms with Crippen molar-refractivity contribution < 1.29 is 19.5 Å². The molecule has 0 heterocycles. The van der Waals surface area contributed by atoms with Gasteiger partial charge in [0.25, 0.3) is 0 Å². The molecular formula is C9H17N3O4. The third-order valence-corrected chi connectivity index (χ3v) is 1.88. The van der Waals surface area contributed by atoms with Crippen LogP contribution in [0.3, 0.4) is 0 Å². The Kier molecular flexibility index (Phi) is 6.66. The van der Waals surface area contributed by atoms with Gasteiger partial charge in [0.05, 0.1) is 5.92 Å². The van der Waals surface area contributed by atoms with Crippen molar-refractivity contribution >= 4 is 17.9 Å². The normalized spacial score (nSPS) is 11.6. The van der Waals surface area contributed by atoms with Gasteiger partial charge in [0.1, 0.15) is 0 Å². The van der Waals surface area contributed by atoms with Gasteiger partial charge in [0, 0.05) is 19.5 Å². The van der Waals surface area contributed by atoms with Crippen molar-refractivity contribution in [3.05, 3.63) is 0 Å². The highest BCUT2D eigenvalue weighted by Crippen LogP contribution is 1.91. The van der Waals surface area contributed by atoms with E-state index >= 15 is 0 Å². The number of nitrogens with two attached hydrogens (primary N) is 1. The summed E-state index contributed by atoms with van der Waals surface area (Å²) in [5, 5.41) is 13.4. The fourth-order valence-electron chi connectivity index (χ4n) is 0.860. The highest BCUT2D eigenvalue weighted by atomic mass is 16.4. The summed E-state index contributed by atoms with van der Waals surface area (Å²) < 4.78 is 0. The summed E-state index contributed by atoms with van der Waals surface area (Å²) in [6, 6.07) is -0.447. The standard InChI is InChI=1S/C9H17N3O4/c1-6(8(14)15)5-12-9(16)11-4-2-3-7(10)13/h6H,2-5H2,1H3,(H2,10,13)(H,14,15)(H2,11,12,16). The molecule has 7 nitrogen and oxygen atoms in total. The van der Waals surface area contributed by atoms with Crippen LogP contribution < -0.4 is 16.4 Å². The van der Waals surface area contributed by atoms with E-state index in [2.05, 4.69) is 10.6 Å². The monoisotopic (exact) mass is 231 g/mol. The van der Waals surface area contributed by atoms with Gasteiger partial charge in [0.15, 0.2) is 0 Å². The molecule has 0 saturated heterocycles. The number of rotatable bonds is 7.